The third-order valence-corrected chi connectivity index (χ3v) is 1.82. The van der Waals surface area contributed by atoms with Gasteiger partial charge in [0.2, 0.25) is 0 Å². The summed E-state index contributed by atoms with van der Waals surface area (Å²) in [7, 11) is 0. The van der Waals surface area contributed by atoms with Gasteiger partial charge in [-0.25, -0.2) is 4.79 Å². The fourth-order valence-electron chi connectivity index (χ4n) is 1.21. The normalized spacial score (nSPS) is 17.6. The van der Waals surface area contributed by atoms with Crippen LogP contribution in [0.25, 0.3) is 0 Å². The van der Waals surface area contributed by atoms with Crippen LogP contribution < -0.4 is 0 Å². The zero-order chi connectivity index (χ0) is 7.40. The molecule has 59 valence electrons. The van der Waals surface area contributed by atoms with Crippen molar-refractivity contribution in [2.75, 3.05) is 0 Å². The Balaban J connectivity index is 0.000001000. The summed E-state index contributed by atoms with van der Waals surface area (Å²) < 4.78 is 0. The van der Waals surface area contributed by atoms with Crippen molar-refractivity contribution in [2.24, 2.45) is 0 Å². The summed E-state index contributed by atoms with van der Waals surface area (Å²) >= 11 is 0. The number of carbonyl (C=O) groups is 1. The number of allylic oxidation sites excluding steroid dienone is 1. The van der Waals surface area contributed by atoms with Crippen molar-refractivity contribution in [2.45, 2.75) is 32.1 Å². The van der Waals surface area contributed by atoms with Gasteiger partial charge in [0.15, 0.2) is 0 Å². The van der Waals surface area contributed by atoms with E-state index in [0.717, 1.165) is 25.7 Å². The van der Waals surface area contributed by atoms with E-state index in [0.29, 0.717) is 5.57 Å². The Bertz CT molecular complexity index is 163. The maximum absolute atomic E-state index is 10.4. The van der Waals surface area contributed by atoms with Gasteiger partial charge in [-0.15, -0.1) is 0 Å². The van der Waals surface area contributed by atoms with E-state index < -0.39 is 5.97 Å². The van der Waals surface area contributed by atoms with Crippen LogP contribution in [0.15, 0.2) is 11.6 Å². The van der Waals surface area contributed by atoms with E-state index in [-0.39, 0.29) is 27.3 Å². The molecule has 0 aromatic rings. The standard InChI is InChI=1S/C8H12O2.Tl/c9-8(10)7-5-3-1-2-4-6-7;/h5H,1-4,6H2,(H,9,10);. The van der Waals surface area contributed by atoms with Crippen LogP contribution in [0, 0.1) is 0 Å². The quantitative estimate of drug-likeness (QED) is 0.734. The van der Waals surface area contributed by atoms with E-state index in [2.05, 4.69) is 0 Å². The minimum atomic E-state index is -0.734. The largest absolute Gasteiger partial charge is 0.478 e. The van der Waals surface area contributed by atoms with Crippen molar-refractivity contribution in [3.05, 3.63) is 11.6 Å². The molecule has 0 saturated carbocycles. The predicted molar refractivity (Wildman–Crippen MR) is 44.6 cm³/mol. The molecule has 0 aliphatic heterocycles. The first kappa shape index (κ1) is 11.1. The maximum atomic E-state index is 10.4. The molecule has 0 bridgehead atoms. The summed E-state index contributed by atoms with van der Waals surface area (Å²) in [5, 5.41) is 8.59. The molecule has 0 spiro atoms. The van der Waals surface area contributed by atoms with Crippen LogP contribution >= 0.6 is 0 Å². The number of hydrogen-bond acceptors (Lipinski definition) is 1. The summed E-state index contributed by atoms with van der Waals surface area (Å²) in [6.07, 6.45) is 6.93. The molecule has 1 aliphatic carbocycles. The second kappa shape index (κ2) is 5.74. The molecule has 2 nitrogen and oxygen atoms in total. The number of hydrogen-bond donors (Lipinski definition) is 1. The van der Waals surface area contributed by atoms with Crippen molar-refractivity contribution in [1.82, 2.24) is 0 Å². The summed E-state index contributed by atoms with van der Waals surface area (Å²) in [6.45, 7) is 0. The van der Waals surface area contributed by atoms with Crippen LogP contribution in [0.4, 0.5) is 0 Å². The summed E-state index contributed by atoms with van der Waals surface area (Å²) in [5.41, 5.74) is 0.609. The van der Waals surface area contributed by atoms with Gasteiger partial charge in [-0.2, -0.15) is 0 Å². The van der Waals surface area contributed by atoms with E-state index in [1.54, 1.807) is 0 Å². The van der Waals surface area contributed by atoms with E-state index in [4.69, 9.17) is 5.11 Å². The molecular formula is C8H12O2Tl. The average molecular weight is 345 g/mol. The third kappa shape index (κ3) is 3.89. The Kier molecular flexibility index (Phi) is 5.81. The Morgan fingerprint density at radius 1 is 1.36 bits per heavy atom. The monoisotopic (exact) mass is 345 g/mol. The van der Waals surface area contributed by atoms with Crippen molar-refractivity contribution >= 4 is 33.3 Å². The fraction of sp³-hybridized carbons (Fsp3) is 0.625. The Hall–Kier alpha value is 0.132. The van der Waals surface area contributed by atoms with Crippen molar-refractivity contribution in [3.8, 4) is 0 Å². The van der Waals surface area contributed by atoms with Gasteiger partial charge in [-0.05, 0) is 25.7 Å². The molecule has 0 aromatic carbocycles. The van der Waals surface area contributed by atoms with Gasteiger partial charge in [-0.1, -0.05) is 12.5 Å². The van der Waals surface area contributed by atoms with Gasteiger partial charge in [0.25, 0.3) is 0 Å². The SMILES string of the molecule is O=C(O)C1=CCCCCC1.[Tl]. The predicted octanol–water partition coefficient (Wildman–Crippen LogP) is 1.58. The van der Waals surface area contributed by atoms with E-state index in [9.17, 15) is 4.79 Å². The van der Waals surface area contributed by atoms with E-state index >= 15 is 0 Å². The topological polar surface area (TPSA) is 37.3 Å². The molecule has 0 atom stereocenters. The molecule has 0 unspecified atom stereocenters. The molecular weight excluding hydrogens is 332 g/mol. The summed E-state index contributed by atoms with van der Waals surface area (Å²) in [4.78, 5) is 10.4. The molecule has 1 aliphatic rings. The smallest absolute Gasteiger partial charge is 0.331 e. The summed E-state index contributed by atoms with van der Waals surface area (Å²) in [6, 6.07) is 0. The molecule has 0 fully saturated rings. The zero-order valence-corrected chi connectivity index (χ0v) is 11.0. The molecule has 0 aromatic heterocycles. The van der Waals surface area contributed by atoms with Crippen LogP contribution in [0.2, 0.25) is 0 Å². The number of carboxylic acids is 1. The van der Waals surface area contributed by atoms with Gasteiger partial charge in [-0.3, -0.25) is 0 Å². The van der Waals surface area contributed by atoms with Crippen molar-refractivity contribution in [3.63, 3.8) is 0 Å². The van der Waals surface area contributed by atoms with Gasteiger partial charge in [0.05, 0.1) is 0 Å². The molecule has 1 N–H and O–H groups in total. The van der Waals surface area contributed by atoms with Crippen molar-refractivity contribution < 1.29 is 9.90 Å². The molecule has 1 rings (SSSR count). The van der Waals surface area contributed by atoms with Crippen LogP contribution in [-0.4, -0.2) is 38.4 Å². The van der Waals surface area contributed by atoms with Crippen LogP contribution in [0.1, 0.15) is 32.1 Å². The number of carboxylic acid groups (broad SMARTS) is 1. The second-order valence-corrected chi connectivity index (χ2v) is 2.63. The minimum Gasteiger partial charge on any atom is -0.478 e. The molecule has 1 radical (unpaired) electrons. The molecule has 11 heavy (non-hydrogen) atoms. The number of aliphatic carboxylic acids is 1. The second-order valence-electron chi connectivity index (χ2n) is 2.63. The molecule has 0 amide bonds. The average Bonchev–Trinajstić information content (AvgIpc) is 2.12. The minimum absolute atomic E-state index is 0. The Labute approximate surface area is 86.8 Å². The van der Waals surface area contributed by atoms with E-state index in [1.165, 1.54) is 6.42 Å². The van der Waals surface area contributed by atoms with Crippen LogP contribution in [0.3, 0.4) is 0 Å². The first-order valence-corrected chi connectivity index (χ1v) is 3.73. The van der Waals surface area contributed by atoms with Gasteiger partial charge < -0.3 is 5.11 Å². The summed E-state index contributed by atoms with van der Waals surface area (Å²) in [5.74, 6) is -0.734. The van der Waals surface area contributed by atoms with Gasteiger partial charge in [0, 0.05) is 32.9 Å². The molecule has 0 saturated heterocycles. The zero-order valence-electron chi connectivity index (χ0n) is 6.55. The molecule has 3 heteroatoms. The van der Waals surface area contributed by atoms with Crippen LogP contribution in [0.5, 0.6) is 0 Å². The Morgan fingerprint density at radius 2 is 2.09 bits per heavy atom. The van der Waals surface area contributed by atoms with E-state index in [1.807, 2.05) is 6.08 Å². The van der Waals surface area contributed by atoms with Crippen molar-refractivity contribution in [1.29, 1.82) is 0 Å². The first-order chi connectivity index (χ1) is 4.80. The van der Waals surface area contributed by atoms with Crippen LogP contribution in [-0.2, 0) is 4.79 Å². The molecule has 0 heterocycles. The maximum Gasteiger partial charge on any atom is 0.331 e. The fourth-order valence-corrected chi connectivity index (χ4v) is 1.21. The Morgan fingerprint density at radius 3 is 2.73 bits per heavy atom. The number of rotatable bonds is 1. The first-order valence-electron chi connectivity index (χ1n) is 3.73. The van der Waals surface area contributed by atoms with Gasteiger partial charge in [0.1, 0.15) is 0 Å². The third-order valence-electron chi connectivity index (χ3n) is 1.82. The van der Waals surface area contributed by atoms with Gasteiger partial charge >= 0.3 is 5.97 Å².